The maximum Gasteiger partial charge on any atom is 0.150 e. The monoisotopic (exact) mass is 322 g/mol. The van der Waals surface area contributed by atoms with Crippen LogP contribution in [0.25, 0.3) is 0 Å². The Labute approximate surface area is 118 Å². The van der Waals surface area contributed by atoms with Gasteiger partial charge in [-0.25, -0.2) is 0 Å². The predicted molar refractivity (Wildman–Crippen MR) is 76.6 cm³/mol. The number of halogens is 1. The molecule has 0 bridgehead atoms. The number of carbonyl (C=O) groups is 1. The maximum absolute atomic E-state index is 10.7. The summed E-state index contributed by atoms with van der Waals surface area (Å²) in [5.74, 6) is 0.842. The van der Waals surface area contributed by atoms with E-state index < -0.39 is 0 Å². The van der Waals surface area contributed by atoms with Crippen molar-refractivity contribution in [3.8, 4) is 5.75 Å². The largest absolute Gasteiger partial charge is 0.497 e. The topological polar surface area (TPSA) is 26.3 Å². The molecule has 0 aromatic heterocycles. The Kier molecular flexibility index (Phi) is 4.44. The molecule has 2 rings (SSSR count). The second-order valence-corrected chi connectivity index (χ2v) is 5.55. The highest BCUT2D eigenvalue weighted by atomic mass is 79.9. The normalized spacial score (nSPS) is 10.1. The van der Waals surface area contributed by atoms with Gasteiger partial charge in [-0.05, 0) is 52.3 Å². The molecule has 2 aromatic carbocycles. The van der Waals surface area contributed by atoms with Gasteiger partial charge in [0.1, 0.15) is 12.0 Å². The van der Waals surface area contributed by atoms with Crippen LogP contribution in [0.1, 0.15) is 10.4 Å². The zero-order valence-corrected chi connectivity index (χ0v) is 12.1. The van der Waals surface area contributed by atoms with Crippen LogP contribution in [0.4, 0.5) is 0 Å². The Morgan fingerprint density at radius 1 is 1.17 bits per heavy atom. The number of aldehydes is 1. The van der Waals surface area contributed by atoms with Gasteiger partial charge in [0.2, 0.25) is 0 Å². The minimum absolute atomic E-state index is 0.668. The zero-order valence-electron chi connectivity index (χ0n) is 9.72. The molecule has 0 atom stereocenters. The minimum Gasteiger partial charge on any atom is -0.497 e. The van der Waals surface area contributed by atoms with Crippen LogP contribution in [0.2, 0.25) is 0 Å². The van der Waals surface area contributed by atoms with Crippen molar-refractivity contribution in [3.05, 3.63) is 52.5 Å². The lowest BCUT2D eigenvalue weighted by Gasteiger charge is -2.06. The Balaban J connectivity index is 2.19. The Bertz CT molecular complexity index is 552. The minimum atomic E-state index is 0.668. The lowest BCUT2D eigenvalue weighted by molar-refractivity contribution is 0.112. The standard InChI is InChI=1S/C14H11BrO2S/c1-17-11-3-5-12(6-4-11)18-14-7-2-10(9-16)8-13(14)15/h2-9H,1H3. The highest BCUT2D eigenvalue weighted by Gasteiger charge is 2.04. The summed E-state index contributed by atoms with van der Waals surface area (Å²) >= 11 is 5.10. The fourth-order valence-electron chi connectivity index (χ4n) is 1.44. The molecule has 0 fully saturated rings. The molecule has 18 heavy (non-hydrogen) atoms. The molecule has 2 aromatic rings. The van der Waals surface area contributed by atoms with Crippen LogP contribution in [0.3, 0.4) is 0 Å². The molecule has 0 unspecified atom stereocenters. The zero-order chi connectivity index (χ0) is 13.0. The van der Waals surface area contributed by atoms with Crippen molar-refractivity contribution in [2.24, 2.45) is 0 Å². The van der Waals surface area contributed by atoms with E-state index in [2.05, 4.69) is 15.9 Å². The fraction of sp³-hybridized carbons (Fsp3) is 0.0714. The van der Waals surface area contributed by atoms with Gasteiger partial charge >= 0.3 is 0 Å². The van der Waals surface area contributed by atoms with Crippen LogP contribution in [0, 0.1) is 0 Å². The van der Waals surface area contributed by atoms with E-state index >= 15 is 0 Å². The quantitative estimate of drug-likeness (QED) is 0.779. The summed E-state index contributed by atoms with van der Waals surface area (Å²) in [4.78, 5) is 12.9. The third-order valence-electron chi connectivity index (χ3n) is 2.38. The van der Waals surface area contributed by atoms with Crippen molar-refractivity contribution < 1.29 is 9.53 Å². The van der Waals surface area contributed by atoms with Gasteiger partial charge in [-0.2, -0.15) is 0 Å². The summed E-state index contributed by atoms with van der Waals surface area (Å²) in [6.07, 6.45) is 0.840. The number of benzene rings is 2. The molecule has 0 radical (unpaired) electrons. The molecular weight excluding hydrogens is 312 g/mol. The van der Waals surface area contributed by atoms with Crippen molar-refractivity contribution in [1.29, 1.82) is 0 Å². The van der Waals surface area contributed by atoms with Crippen LogP contribution in [0.5, 0.6) is 5.75 Å². The summed E-state index contributed by atoms with van der Waals surface area (Å²) in [6, 6.07) is 13.4. The highest BCUT2D eigenvalue weighted by molar-refractivity contribution is 9.10. The van der Waals surface area contributed by atoms with Crippen LogP contribution in [-0.4, -0.2) is 13.4 Å². The smallest absolute Gasteiger partial charge is 0.150 e. The average molecular weight is 323 g/mol. The molecule has 0 amide bonds. The molecular formula is C14H11BrO2S. The highest BCUT2D eigenvalue weighted by Crippen LogP contribution is 2.34. The van der Waals surface area contributed by atoms with Crippen molar-refractivity contribution in [2.45, 2.75) is 9.79 Å². The fourth-order valence-corrected chi connectivity index (χ4v) is 2.90. The van der Waals surface area contributed by atoms with E-state index in [9.17, 15) is 4.79 Å². The lowest BCUT2D eigenvalue weighted by atomic mass is 10.2. The van der Waals surface area contributed by atoms with Crippen molar-refractivity contribution in [2.75, 3.05) is 7.11 Å². The number of ether oxygens (including phenoxy) is 1. The first-order chi connectivity index (χ1) is 8.72. The molecule has 0 aliphatic carbocycles. The lowest BCUT2D eigenvalue weighted by Crippen LogP contribution is -1.83. The number of rotatable bonds is 4. The molecule has 92 valence electrons. The van der Waals surface area contributed by atoms with Gasteiger partial charge in [0.15, 0.2) is 0 Å². The molecule has 4 heteroatoms. The molecule has 0 N–H and O–H groups in total. The Morgan fingerprint density at radius 3 is 2.44 bits per heavy atom. The summed E-state index contributed by atoms with van der Waals surface area (Å²) in [5.41, 5.74) is 0.668. The first-order valence-electron chi connectivity index (χ1n) is 5.29. The Morgan fingerprint density at radius 2 is 1.89 bits per heavy atom. The van der Waals surface area contributed by atoms with E-state index in [-0.39, 0.29) is 0 Å². The second-order valence-electron chi connectivity index (χ2n) is 3.59. The van der Waals surface area contributed by atoms with E-state index in [1.807, 2.05) is 42.5 Å². The number of carbonyl (C=O) groups excluding carboxylic acids is 1. The first kappa shape index (κ1) is 13.2. The SMILES string of the molecule is COc1ccc(Sc2ccc(C=O)cc2Br)cc1. The summed E-state index contributed by atoms with van der Waals surface area (Å²) in [5, 5.41) is 0. The molecule has 2 nitrogen and oxygen atoms in total. The molecule has 0 saturated heterocycles. The van der Waals surface area contributed by atoms with Gasteiger partial charge in [0.05, 0.1) is 7.11 Å². The van der Waals surface area contributed by atoms with Gasteiger partial charge in [-0.15, -0.1) is 0 Å². The molecule has 0 saturated carbocycles. The summed E-state index contributed by atoms with van der Waals surface area (Å²) in [7, 11) is 1.65. The van der Waals surface area contributed by atoms with Crippen LogP contribution in [0.15, 0.2) is 56.7 Å². The number of hydrogen-bond donors (Lipinski definition) is 0. The van der Waals surface area contributed by atoms with E-state index in [0.29, 0.717) is 5.56 Å². The average Bonchev–Trinajstić information content (AvgIpc) is 2.42. The van der Waals surface area contributed by atoms with Crippen molar-refractivity contribution in [1.82, 2.24) is 0 Å². The van der Waals surface area contributed by atoms with Crippen molar-refractivity contribution in [3.63, 3.8) is 0 Å². The third-order valence-corrected chi connectivity index (χ3v) is 4.38. The molecule has 0 heterocycles. The number of methoxy groups -OCH3 is 1. The predicted octanol–water partition coefficient (Wildman–Crippen LogP) is 4.42. The van der Waals surface area contributed by atoms with Gasteiger partial charge in [0, 0.05) is 19.8 Å². The maximum atomic E-state index is 10.7. The van der Waals surface area contributed by atoms with Gasteiger partial charge in [-0.3, -0.25) is 4.79 Å². The molecule has 0 spiro atoms. The van der Waals surface area contributed by atoms with Crippen LogP contribution in [-0.2, 0) is 0 Å². The van der Waals surface area contributed by atoms with E-state index in [1.165, 1.54) is 0 Å². The third kappa shape index (κ3) is 3.15. The van der Waals surface area contributed by atoms with E-state index in [1.54, 1.807) is 18.9 Å². The van der Waals surface area contributed by atoms with Gasteiger partial charge < -0.3 is 4.74 Å². The van der Waals surface area contributed by atoms with Crippen molar-refractivity contribution >= 4 is 34.0 Å². The summed E-state index contributed by atoms with van der Waals surface area (Å²) in [6.45, 7) is 0. The van der Waals surface area contributed by atoms with Gasteiger partial charge in [-0.1, -0.05) is 17.8 Å². The second kappa shape index (κ2) is 6.07. The van der Waals surface area contributed by atoms with Crippen LogP contribution >= 0.6 is 27.7 Å². The van der Waals surface area contributed by atoms with Gasteiger partial charge in [0.25, 0.3) is 0 Å². The summed E-state index contributed by atoms with van der Waals surface area (Å²) < 4.78 is 6.04. The molecule has 0 aliphatic rings. The first-order valence-corrected chi connectivity index (χ1v) is 6.90. The van der Waals surface area contributed by atoms with E-state index in [0.717, 1.165) is 26.3 Å². The number of hydrogen-bond acceptors (Lipinski definition) is 3. The van der Waals surface area contributed by atoms with Crippen LogP contribution < -0.4 is 4.74 Å². The van der Waals surface area contributed by atoms with E-state index in [4.69, 9.17) is 4.74 Å². The molecule has 0 aliphatic heterocycles. The Hall–Kier alpha value is -1.26.